The van der Waals surface area contributed by atoms with Gasteiger partial charge in [0, 0.05) is 54.8 Å². The van der Waals surface area contributed by atoms with Crippen LogP contribution in [-0.4, -0.2) is 28.7 Å². The lowest BCUT2D eigenvalue weighted by atomic mass is 9.95. The molecule has 0 spiro atoms. The molecule has 6 heteroatoms. The van der Waals surface area contributed by atoms with Crippen LogP contribution in [0.5, 0.6) is 0 Å². The van der Waals surface area contributed by atoms with Gasteiger partial charge in [-0.2, -0.15) is 9.97 Å². The predicted octanol–water partition coefficient (Wildman–Crippen LogP) is 14.2. The molecule has 0 atom stereocenters. The van der Waals surface area contributed by atoms with Crippen LogP contribution in [0.25, 0.3) is 117 Å². The van der Waals surface area contributed by atoms with Gasteiger partial charge in [0.15, 0.2) is 11.6 Å². The first-order chi connectivity index (χ1) is 31.3. The monoisotopic (exact) mass is 804 g/mol. The number of fused-ring (bicyclic) bond motifs is 10. The smallest absolute Gasteiger partial charge is 0.238 e. The molecule has 0 fully saturated rings. The number of para-hydroxylation sites is 5. The minimum absolute atomic E-state index is 0.574. The number of hydrogen-bond acceptors (Lipinski definition) is 3. The lowest BCUT2D eigenvalue weighted by Crippen LogP contribution is -2.06. The van der Waals surface area contributed by atoms with Gasteiger partial charge in [0.2, 0.25) is 5.95 Å². The van der Waals surface area contributed by atoms with E-state index in [4.69, 9.17) is 15.0 Å². The van der Waals surface area contributed by atoms with Gasteiger partial charge in [0.1, 0.15) is 0 Å². The third kappa shape index (κ3) is 5.41. The van der Waals surface area contributed by atoms with Crippen molar-refractivity contribution in [2.45, 2.75) is 0 Å². The predicted molar refractivity (Wildman–Crippen MR) is 259 cm³/mol. The first kappa shape index (κ1) is 35.2. The molecule has 4 heterocycles. The Labute approximate surface area is 362 Å². The van der Waals surface area contributed by atoms with Crippen molar-refractivity contribution in [1.82, 2.24) is 28.7 Å². The second-order valence-electron chi connectivity index (χ2n) is 16.0. The highest BCUT2D eigenvalue weighted by Crippen LogP contribution is 2.47. The molecule has 13 aromatic rings. The SMILES string of the molecule is c1ccc(-c2nc(-c3ccccc3)nc(-n3c4ccccc4c4cc(-c5cc6c7ccccc7n(-c7ccccc7)c6c6c5c5ccccc5n6-c5ccccc5)ccc43)n2)cc1. The summed E-state index contributed by atoms with van der Waals surface area (Å²) in [5.41, 5.74) is 13.2. The molecule has 0 aliphatic carbocycles. The molecule has 4 aromatic heterocycles. The van der Waals surface area contributed by atoms with Crippen LogP contribution in [0.2, 0.25) is 0 Å². The molecule has 294 valence electrons. The van der Waals surface area contributed by atoms with E-state index in [0.717, 1.165) is 55.4 Å². The first-order valence-corrected chi connectivity index (χ1v) is 21.3. The van der Waals surface area contributed by atoms with Crippen LogP contribution >= 0.6 is 0 Å². The van der Waals surface area contributed by atoms with Gasteiger partial charge in [-0.1, -0.05) is 158 Å². The molecule has 0 unspecified atom stereocenters. The number of nitrogens with zero attached hydrogens (tertiary/aromatic N) is 6. The van der Waals surface area contributed by atoms with Gasteiger partial charge in [-0.05, 0) is 71.8 Å². The Balaban J connectivity index is 1.13. The topological polar surface area (TPSA) is 53.5 Å². The summed E-state index contributed by atoms with van der Waals surface area (Å²) >= 11 is 0. The van der Waals surface area contributed by atoms with Crippen molar-refractivity contribution in [2.24, 2.45) is 0 Å². The Morgan fingerprint density at radius 3 is 1.32 bits per heavy atom. The first-order valence-electron chi connectivity index (χ1n) is 21.3. The maximum atomic E-state index is 5.19. The van der Waals surface area contributed by atoms with Crippen molar-refractivity contribution in [1.29, 1.82) is 0 Å². The summed E-state index contributed by atoms with van der Waals surface area (Å²) in [5, 5.41) is 7.07. The van der Waals surface area contributed by atoms with Crippen LogP contribution in [0.3, 0.4) is 0 Å². The van der Waals surface area contributed by atoms with Crippen LogP contribution in [0.4, 0.5) is 0 Å². The zero-order valence-corrected chi connectivity index (χ0v) is 34.0. The van der Waals surface area contributed by atoms with Crippen molar-refractivity contribution in [3.63, 3.8) is 0 Å². The lowest BCUT2D eigenvalue weighted by Gasteiger charge is -2.14. The van der Waals surface area contributed by atoms with Gasteiger partial charge < -0.3 is 9.13 Å². The molecule has 0 amide bonds. The molecule has 9 aromatic carbocycles. The normalized spacial score (nSPS) is 11.8. The van der Waals surface area contributed by atoms with Crippen LogP contribution in [0, 0.1) is 0 Å². The van der Waals surface area contributed by atoms with Gasteiger partial charge in [-0.3, -0.25) is 4.57 Å². The maximum absolute atomic E-state index is 5.19. The summed E-state index contributed by atoms with van der Waals surface area (Å²) in [6.07, 6.45) is 0. The van der Waals surface area contributed by atoms with Crippen LogP contribution < -0.4 is 0 Å². The Bertz CT molecular complexity index is 3830. The third-order valence-corrected chi connectivity index (χ3v) is 12.5. The van der Waals surface area contributed by atoms with Gasteiger partial charge in [0.25, 0.3) is 0 Å². The van der Waals surface area contributed by atoms with Crippen molar-refractivity contribution >= 4 is 65.4 Å². The highest BCUT2D eigenvalue weighted by atomic mass is 15.2. The lowest BCUT2D eigenvalue weighted by molar-refractivity contribution is 0.953. The fourth-order valence-corrected chi connectivity index (χ4v) is 9.77. The molecule has 0 aliphatic heterocycles. The third-order valence-electron chi connectivity index (χ3n) is 12.5. The quantitative estimate of drug-likeness (QED) is 0.168. The Hall–Kier alpha value is -8.61. The Morgan fingerprint density at radius 1 is 0.286 bits per heavy atom. The second-order valence-corrected chi connectivity index (χ2v) is 16.0. The highest BCUT2D eigenvalue weighted by molar-refractivity contribution is 6.28. The van der Waals surface area contributed by atoms with Gasteiger partial charge in [0.05, 0.1) is 33.1 Å². The molecular weight excluding hydrogens is 769 g/mol. The molecule has 0 saturated heterocycles. The summed E-state index contributed by atoms with van der Waals surface area (Å²) in [6.45, 7) is 0. The number of rotatable bonds is 6. The molecule has 63 heavy (non-hydrogen) atoms. The van der Waals surface area contributed by atoms with Crippen molar-refractivity contribution in [3.05, 3.63) is 218 Å². The van der Waals surface area contributed by atoms with E-state index in [1.165, 1.54) is 43.7 Å². The molecular formula is C57H36N6. The number of aromatic nitrogens is 6. The van der Waals surface area contributed by atoms with E-state index in [1.807, 2.05) is 36.4 Å². The molecule has 6 nitrogen and oxygen atoms in total. The van der Waals surface area contributed by atoms with E-state index in [2.05, 4.69) is 196 Å². The Morgan fingerprint density at radius 2 is 0.730 bits per heavy atom. The van der Waals surface area contributed by atoms with Gasteiger partial charge in [-0.15, -0.1) is 0 Å². The summed E-state index contributed by atoms with van der Waals surface area (Å²) in [4.78, 5) is 15.4. The maximum Gasteiger partial charge on any atom is 0.238 e. The molecule has 0 saturated carbocycles. The zero-order valence-electron chi connectivity index (χ0n) is 34.0. The van der Waals surface area contributed by atoms with Crippen molar-refractivity contribution < 1.29 is 0 Å². The van der Waals surface area contributed by atoms with E-state index in [1.54, 1.807) is 0 Å². The molecule has 0 aliphatic rings. The van der Waals surface area contributed by atoms with Crippen molar-refractivity contribution in [3.8, 4) is 51.2 Å². The Kier molecular flexibility index (Phi) is 7.80. The summed E-state index contributed by atoms with van der Waals surface area (Å²) in [5.74, 6) is 1.83. The summed E-state index contributed by atoms with van der Waals surface area (Å²) in [6, 6.07) is 77.5. The van der Waals surface area contributed by atoms with Crippen LogP contribution in [-0.2, 0) is 0 Å². The molecule has 13 rings (SSSR count). The van der Waals surface area contributed by atoms with E-state index in [-0.39, 0.29) is 0 Å². The van der Waals surface area contributed by atoms with Crippen LogP contribution in [0.1, 0.15) is 0 Å². The zero-order chi connectivity index (χ0) is 41.4. The van der Waals surface area contributed by atoms with Gasteiger partial charge >= 0.3 is 0 Å². The average molecular weight is 805 g/mol. The van der Waals surface area contributed by atoms with E-state index in [9.17, 15) is 0 Å². The number of benzene rings is 9. The van der Waals surface area contributed by atoms with E-state index < -0.39 is 0 Å². The van der Waals surface area contributed by atoms with Gasteiger partial charge in [-0.25, -0.2) is 4.98 Å². The standard InChI is InChI=1S/C57H36N6/c1-5-19-37(20-6-1)55-58-56(38-21-7-2-8-22-38)60-57(59-55)63-49-31-17-13-27-42(49)46-35-39(33-34-51(46)63)45-36-47-43-28-14-16-30-48(43)61(40-23-9-3-10-24-40)53(47)54-52(45)44-29-15-18-32-50(44)62(54)41-25-11-4-12-26-41/h1-36H. The fourth-order valence-electron chi connectivity index (χ4n) is 9.77. The highest BCUT2D eigenvalue weighted by Gasteiger charge is 2.25. The minimum atomic E-state index is 0.574. The summed E-state index contributed by atoms with van der Waals surface area (Å²) in [7, 11) is 0. The molecule has 0 radical (unpaired) electrons. The molecule has 0 N–H and O–H groups in total. The van der Waals surface area contributed by atoms with Crippen molar-refractivity contribution in [2.75, 3.05) is 0 Å². The van der Waals surface area contributed by atoms with E-state index >= 15 is 0 Å². The fraction of sp³-hybridized carbons (Fsp3) is 0. The van der Waals surface area contributed by atoms with Crippen LogP contribution in [0.15, 0.2) is 218 Å². The average Bonchev–Trinajstić information content (AvgIpc) is 4.00. The van der Waals surface area contributed by atoms with E-state index in [0.29, 0.717) is 17.6 Å². The molecule has 0 bridgehead atoms. The number of hydrogen-bond donors (Lipinski definition) is 0. The minimum Gasteiger partial charge on any atom is -0.307 e. The summed E-state index contributed by atoms with van der Waals surface area (Å²) < 4.78 is 7.12. The largest absolute Gasteiger partial charge is 0.307 e. The second kappa shape index (κ2) is 14.0.